The van der Waals surface area contributed by atoms with Gasteiger partial charge in [-0.25, -0.2) is 0 Å². The summed E-state index contributed by atoms with van der Waals surface area (Å²) in [5, 5.41) is 20.8. The van der Waals surface area contributed by atoms with Crippen molar-refractivity contribution in [2.45, 2.75) is 52.6 Å². The van der Waals surface area contributed by atoms with E-state index in [9.17, 15) is 9.90 Å². The molecule has 2 aliphatic rings. The molecule has 6 nitrogen and oxygen atoms in total. The van der Waals surface area contributed by atoms with Crippen molar-refractivity contribution in [3.8, 4) is 0 Å². The number of rotatable bonds is 5. The molecule has 4 rings (SSSR count). The fourth-order valence-corrected chi connectivity index (χ4v) is 5.32. The summed E-state index contributed by atoms with van der Waals surface area (Å²) in [6.45, 7) is 12.7. The van der Waals surface area contributed by atoms with Gasteiger partial charge in [-0.05, 0) is 35.6 Å². The molecule has 0 spiro atoms. The van der Waals surface area contributed by atoms with Crippen LogP contribution in [0.2, 0.25) is 0 Å². The molecule has 0 bridgehead atoms. The normalized spacial score (nSPS) is 22.5. The Morgan fingerprint density at radius 3 is 2.23 bits per heavy atom. The Labute approximate surface area is 185 Å². The lowest BCUT2D eigenvalue weighted by molar-refractivity contribution is -0.127. The molecule has 2 aliphatic heterocycles. The number of amides is 1. The van der Waals surface area contributed by atoms with Crippen molar-refractivity contribution in [1.82, 2.24) is 15.1 Å². The zero-order valence-electron chi connectivity index (χ0n) is 19.5. The van der Waals surface area contributed by atoms with Crippen molar-refractivity contribution >= 4 is 11.7 Å². The molecule has 0 aliphatic carbocycles. The van der Waals surface area contributed by atoms with E-state index in [1.54, 1.807) is 11.1 Å². The van der Waals surface area contributed by atoms with E-state index in [0.29, 0.717) is 30.3 Å². The van der Waals surface area contributed by atoms with Crippen LogP contribution in [0.3, 0.4) is 0 Å². The molecule has 3 heterocycles. The SMILES string of the molecule is CC(C)c1ccc([C@](O)(c2cnnc(N3CC(C)(C)CC3=O)c2)C2(C)CN(C)C2)cc1. The minimum absolute atomic E-state index is 0.0517. The van der Waals surface area contributed by atoms with Crippen LogP contribution in [0.5, 0.6) is 0 Å². The van der Waals surface area contributed by atoms with Crippen molar-refractivity contribution in [2.75, 3.05) is 31.6 Å². The zero-order valence-corrected chi connectivity index (χ0v) is 19.5. The molecule has 0 unspecified atom stereocenters. The average Bonchev–Trinajstić information content (AvgIpc) is 2.98. The topological polar surface area (TPSA) is 69.6 Å². The number of benzene rings is 1. The molecule has 166 valence electrons. The summed E-state index contributed by atoms with van der Waals surface area (Å²) in [6.07, 6.45) is 2.14. The second-order valence-corrected chi connectivity index (χ2v) is 10.8. The van der Waals surface area contributed by atoms with E-state index < -0.39 is 5.60 Å². The molecular formula is C25H34N4O2. The standard InChI is InChI=1S/C25H34N4O2/c1-17(2)18-7-9-19(10-8-18)25(31,24(5)15-28(6)16-24)20-11-21(27-26-13-20)29-14-23(3,4)12-22(29)30/h7-11,13,17,31H,12,14-16H2,1-6H3/t25-/m0/s1. The van der Waals surface area contributed by atoms with Gasteiger partial charge in [-0.3, -0.25) is 9.69 Å². The predicted molar refractivity (Wildman–Crippen MR) is 122 cm³/mol. The first-order chi connectivity index (χ1) is 14.4. The number of anilines is 1. The number of carbonyl (C=O) groups excluding carboxylic acids is 1. The lowest BCUT2D eigenvalue weighted by Gasteiger charge is -2.55. The van der Waals surface area contributed by atoms with Crippen LogP contribution in [-0.2, 0) is 10.4 Å². The smallest absolute Gasteiger partial charge is 0.228 e. The molecule has 1 amide bonds. The third-order valence-corrected chi connectivity index (χ3v) is 6.96. The van der Waals surface area contributed by atoms with Crippen LogP contribution in [0.1, 0.15) is 63.6 Å². The summed E-state index contributed by atoms with van der Waals surface area (Å²) >= 11 is 0. The Morgan fingerprint density at radius 1 is 1.06 bits per heavy atom. The van der Waals surface area contributed by atoms with E-state index in [1.165, 1.54) is 5.56 Å². The van der Waals surface area contributed by atoms with Crippen LogP contribution in [0.15, 0.2) is 36.5 Å². The number of carbonyl (C=O) groups is 1. The Balaban J connectivity index is 1.79. The van der Waals surface area contributed by atoms with Gasteiger partial charge in [0.15, 0.2) is 5.82 Å². The maximum Gasteiger partial charge on any atom is 0.228 e. The second-order valence-electron chi connectivity index (χ2n) is 10.8. The van der Waals surface area contributed by atoms with Crippen LogP contribution in [-0.4, -0.2) is 52.8 Å². The van der Waals surface area contributed by atoms with Gasteiger partial charge in [0.1, 0.15) is 5.60 Å². The quantitative estimate of drug-likeness (QED) is 0.798. The lowest BCUT2D eigenvalue weighted by atomic mass is 9.62. The Morgan fingerprint density at radius 2 is 1.71 bits per heavy atom. The van der Waals surface area contributed by atoms with Gasteiger partial charge in [0.05, 0.1) is 6.20 Å². The van der Waals surface area contributed by atoms with E-state index >= 15 is 0 Å². The van der Waals surface area contributed by atoms with Gasteiger partial charge in [-0.2, -0.15) is 5.10 Å². The van der Waals surface area contributed by atoms with Gasteiger partial charge < -0.3 is 10.0 Å². The molecular weight excluding hydrogens is 388 g/mol. The van der Waals surface area contributed by atoms with Gasteiger partial charge in [-0.15, -0.1) is 5.10 Å². The summed E-state index contributed by atoms with van der Waals surface area (Å²) < 4.78 is 0. The molecule has 1 atom stereocenters. The highest BCUT2D eigenvalue weighted by molar-refractivity contribution is 5.95. The number of hydrogen-bond acceptors (Lipinski definition) is 5. The first-order valence-electron chi connectivity index (χ1n) is 11.1. The highest BCUT2D eigenvalue weighted by atomic mass is 16.3. The highest BCUT2D eigenvalue weighted by Gasteiger charge is 2.55. The molecule has 2 fully saturated rings. The molecule has 0 radical (unpaired) electrons. The fourth-order valence-electron chi connectivity index (χ4n) is 5.32. The largest absolute Gasteiger partial charge is 0.380 e. The minimum atomic E-state index is -1.24. The maximum absolute atomic E-state index is 12.6. The third-order valence-electron chi connectivity index (χ3n) is 6.96. The van der Waals surface area contributed by atoms with Crippen molar-refractivity contribution < 1.29 is 9.90 Å². The molecule has 1 aromatic heterocycles. The van der Waals surface area contributed by atoms with Crippen molar-refractivity contribution in [3.05, 3.63) is 53.2 Å². The number of aromatic nitrogens is 2. The van der Waals surface area contributed by atoms with E-state index in [1.807, 2.05) is 18.2 Å². The zero-order chi connectivity index (χ0) is 22.6. The lowest BCUT2D eigenvalue weighted by Crippen LogP contribution is -2.63. The van der Waals surface area contributed by atoms with Gasteiger partial charge in [0, 0.05) is 37.0 Å². The molecule has 1 aromatic carbocycles. The minimum Gasteiger partial charge on any atom is -0.380 e. The highest BCUT2D eigenvalue weighted by Crippen LogP contribution is 2.50. The summed E-state index contributed by atoms with van der Waals surface area (Å²) in [6, 6.07) is 10.1. The number of hydrogen-bond donors (Lipinski definition) is 1. The van der Waals surface area contributed by atoms with Crippen LogP contribution < -0.4 is 4.90 Å². The first-order valence-corrected chi connectivity index (χ1v) is 11.1. The monoisotopic (exact) mass is 422 g/mol. The van der Waals surface area contributed by atoms with Crippen LogP contribution in [0, 0.1) is 10.8 Å². The van der Waals surface area contributed by atoms with Gasteiger partial charge in [-0.1, -0.05) is 58.9 Å². The molecule has 2 aromatic rings. The molecule has 6 heteroatoms. The Kier molecular flexibility index (Phi) is 5.22. The van der Waals surface area contributed by atoms with Gasteiger partial charge in [0.2, 0.25) is 5.91 Å². The summed E-state index contributed by atoms with van der Waals surface area (Å²) in [7, 11) is 2.06. The van der Waals surface area contributed by atoms with E-state index in [2.05, 4.69) is 68.9 Å². The average molecular weight is 423 g/mol. The van der Waals surface area contributed by atoms with Crippen LogP contribution in [0.25, 0.3) is 0 Å². The summed E-state index contributed by atoms with van der Waals surface area (Å²) in [5.41, 5.74) is 1.05. The maximum atomic E-state index is 12.6. The van der Waals surface area contributed by atoms with Gasteiger partial charge in [0.25, 0.3) is 0 Å². The van der Waals surface area contributed by atoms with Gasteiger partial charge >= 0.3 is 0 Å². The van der Waals surface area contributed by atoms with Crippen LogP contribution in [0.4, 0.5) is 5.82 Å². The Bertz CT molecular complexity index is 979. The fraction of sp³-hybridized carbons (Fsp3) is 0.560. The molecule has 0 saturated carbocycles. The van der Waals surface area contributed by atoms with Crippen LogP contribution >= 0.6 is 0 Å². The summed E-state index contributed by atoms with van der Waals surface area (Å²) in [4.78, 5) is 16.5. The van der Waals surface area contributed by atoms with Crippen molar-refractivity contribution in [1.29, 1.82) is 0 Å². The van der Waals surface area contributed by atoms with Crippen molar-refractivity contribution in [2.24, 2.45) is 10.8 Å². The molecule has 2 saturated heterocycles. The number of likely N-dealkylation sites (tertiary alicyclic amines) is 1. The van der Waals surface area contributed by atoms with E-state index in [0.717, 1.165) is 18.7 Å². The third kappa shape index (κ3) is 3.66. The molecule has 31 heavy (non-hydrogen) atoms. The number of aliphatic hydroxyl groups is 1. The second kappa shape index (κ2) is 7.38. The van der Waals surface area contributed by atoms with E-state index in [4.69, 9.17) is 0 Å². The van der Waals surface area contributed by atoms with E-state index in [-0.39, 0.29) is 16.7 Å². The predicted octanol–water partition coefficient (Wildman–Crippen LogP) is 3.55. The summed E-state index contributed by atoms with van der Waals surface area (Å²) in [5.74, 6) is 0.990. The molecule has 1 N–H and O–H groups in total. The first kappa shape index (κ1) is 21.9. The Hall–Kier alpha value is -2.31. The number of nitrogens with zero attached hydrogens (tertiary/aromatic N) is 4. The van der Waals surface area contributed by atoms with Crippen molar-refractivity contribution in [3.63, 3.8) is 0 Å².